The highest BCUT2D eigenvalue weighted by atomic mass is 16.5. The number of nitrogens with one attached hydrogen (secondary N) is 1. The Morgan fingerprint density at radius 2 is 2.04 bits per heavy atom. The van der Waals surface area contributed by atoms with Crippen LogP contribution in [0.15, 0.2) is 41.1 Å². The zero-order valence-corrected chi connectivity index (χ0v) is 13.6. The fourth-order valence-electron chi connectivity index (χ4n) is 3.42. The SMILES string of the molecule is O=C1C(c2nc(-c3cccc(-c4ccn[nH]4)c3)no2)CCN1C1CC1. The molecule has 2 aromatic heterocycles. The standard InChI is InChI=1S/C18H17N5O2/c24-18-14(7-9-23(18)13-4-5-13)17-20-16(22-25-17)12-3-1-2-11(10-12)15-6-8-19-21-15/h1-3,6,8,10,13-14H,4-5,7,9H2,(H,19,21). The smallest absolute Gasteiger partial charge is 0.239 e. The third-order valence-corrected chi connectivity index (χ3v) is 4.90. The van der Waals surface area contributed by atoms with E-state index in [1.54, 1.807) is 6.20 Å². The number of aromatic nitrogens is 4. The Morgan fingerprint density at radius 3 is 2.84 bits per heavy atom. The number of likely N-dealkylation sites (tertiary alicyclic amines) is 1. The van der Waals surface area contributed by atoms with Gasteiger partial charge in [0.05, 0.1) is 5.69 Å². The lowest BCUT2D eigenvalue weighted by molar-refractivity contribution is -0.129. The molecule has 7 nitrogen and oxygen atoms in total. The molecule has 1 atom stereocenters. The molecular weight excluding hydrogens is 318 g/mol. The molecule has 0 bridgehead atoms. The number of rotatable bonds is 4. The zero-order chi connectivity index (χ0) is 16.8. The van der Waals surface area contributed by atoms with Crippen LogP contribution in [0.4, 0.5) is 0 Å². The first kappa shape index (κ1) is 14.4. The van der Waals surface area contributed by atoms with Gasteiger partial charge in [0.2, 0.25) is 17.6 Å². The van der Waals surface area contributed by atoms with Crippen LogP contribution in [-0.2, 0) is 4.79 Å². The van der Waals surface area contributed by atoms with Crippen molar-refractivity contribution in [3.8, 4) is 22.6 Å². The van der Waals surface area contributed by atoms with E-state index in [0.717, 1.165) is 42.6 Å². The largest absolute Gasteiger partial charge is 0.339 e. The van der Waals surface area contributed by atoms with Gasteiger partial charge in [0.1, 0.15) is 5.92 Å². The second-order valence-electron chi connectivity index (χ2n) is 6.61. The van der Waals surface area contributed by atoms with E-state index >= 15 is 0 Å². The molecule has 7 heteroatoms. The maximum Gasteiger partial charge on any atom is 0.239 e. The summed E-state index contributed by atoms with van der Waals surface area (Å²) in [5.74, 6) is 0.769. The van der Waals surface area contributed by atoms with Crippen molar-refractivity contribution in [1.29, 1.82) is 0 Å². The van der Waals surface area contributed by atoms with Crippen LogP contribution in [0.25, 0.3) is 22.6 Å². The Hall–Kier alpha value is -2.96. The van der Waals surface area contributed by atoms with Crippen molar-refractivity contribution in [3.05, 3.63) is 42.4 Å². The molecule has 1 saturated heterocycles. The first-order valence-electron chi connectivity index (χ1n) is 8.54. The Morgan fingerprint density at radius 1 is 1.16 bits per heavy atom. The first-order valence-corrected chi connectivity index (χ1v) is 8.54. The monoisotopic (exact) mass is 335 g/mol. The lowest BCUT2D eigenvalue weighted by Crippen LogP contribution is -2.28. The third kappa shape index (κ3) is 2.52. The molecule has 1 aliphatic carbocycles. The molecule has 3 aromatic rings. The van der Waals surface area contributed by atoms with Crippen molar-refractivity contribution in [2.24, 2.45) is 0 Å². The normalized spacial score (nSPS) is 20.4. The zero-order valence-electron chi connectivity index (χ0n) is 13.6. The van der Waals surface area contributed by atoms with Gasteiger partial charge in [-0.2, -0.15) is 10.1 Å². The fourth-order valence-corrected chi connectivity index (χ4v) is 3.42. The average Bonchev–Trinajstić information content (AvgIpc) is 3.07. The van der Waals surface area contributed by atoms with E-state index in [0.29, 0.717) is 17.8 Å². The molecule has 1 aromatic carbocycles. The molecule has 126 valence electrons. The summed E-state index contributed by atoms with van der Waals surface area (Å²) in [6.45, 7) is 0.793. The molecule has 2 fully saturated rings. The summed E-state index contributed by atoms with van der Waals surface area (Å²) < 4.78 is 5.42. The van der Waals surface area contributed by atoms with Crippen molar-refractivity contribution < 1.29 is 9.32 Å². The minimum atomic E-state index is -0.294. The van der Waals surface area contributed by atoms with E-state index < -0.39 is 0 Å². The van der Waals surface area contributed by atoms with Crippen LogP contribution in [0.1, 0.15) is 31.1 Å². The van der Waals surface area contributed by atoms with Crippen LogP contribution in [0.2, 0.25) is 0 Å². The van der Waals surface area contributed by atoms with E-state index in [1.165, 1.54) is 0 Å². The average molecular weight is 335 g/mol. The van der Waals surface area contributed by atoms with E-state index in [2.05, 4.69) is 20.3 Å². The van der Waals surface area contributed by atoms with Gasteiger partial charge < -0.3 is 9.42 Å². The number of aromatic amines is 1. The minimum Gasteiger partial charge on any atom is -0.339 e. The Labute approximate surface area is 144 Å². The molecule has 1 N–H and O–H groups in total. The van der Waals surface area contributed by atoms with Gasteiger partial charge in [0.15, 0.2) is 0 Å². The number of H-pyrrole nitrogens is 1. The van der Waals surface area contributed by atoms with Crippen LogP contribution in [-0.4, -0.2) is 43.7 Å². The molecule has 1 amide bonds. The van der Waals surface area contributed by atoms with Crippen LogP contribution in [0, 0.1) is 0 Å². The first-order chi connectivity index (χ1) is 12.3. The van der Waals surface area contributed by atoms with E-state index in [9.17, 15) is 4.79 Å². The predicted octanol–water partition coefficient (Wildman–Crippen LogP) is 2.61. The number of hydrogen-bond acceptors (Lipinski definition) is 5. The highest BCUT2D eigenvalue weighted by Crippen LogP contribution is 2.36. The number of hydrogen-bond donors (Lipinski definition) is 1. The molecule has 1 unspecified atom stereocenters. The molecule has 0 spiro atoms. The van der Waals surface area contributed by atoms with Gasteiger partial charge in [-0.15, -0.1) is 0 Å². The fraction of sp³-hybridized carbons (Fsp3) is 0.333. The van der Waals surface area contributed by atoms with Crippen LogP contribution in [0.3, 0.4) is 0 Å². The summed E-state index contributed by atoms with van der Waals surface area (Å²) in [5, 5.41) is 11.0. The Kier molecular flexibility index (Phi) is 3.19. The lowest BCUT2D eigenvalue weighted by atomic mass is 10.1. The quantitative estimate of drug-likeness (QED) is 0.792. The van der Waals surface area contributed by atoms with Crippen molar-refractivity contribution in [1.82, 2.24) is 25.2 Å². The van der Waals surface area contributed by atoms with Gasteiger partial charge in [0, 0.05) is 29.9 Å². The number of amides is 1. The van der Waals surface area contributed by atoms with E-state index in [-0.39, 0.29) is 11.8 Å². The van der Waals surface area contributed by atoms with Crippen LogP contribution < -0.4 is 0 Å². The number of carbonyl (C=O) groups is 1. The summed E-state index contributed by atoms with van der Waals surface area (Å²) in [4.78, 5) is 19.0. The van der Waals surface area contributed by atoms with Crippen molar-refractivity contribution in [2.45, 2.75) is 31.2 Å². The van der Waals surface area contributed by atoms with Crippen LogP contribution >= 0.6 is 0 Å². The summed E-state index contributed by atoms with van der Waals surface area (Å²) in [7, 11) is 0. The minimum absolute atomic E-state index is 0.129. The Bertz CT molecular complexity index is 913. The number of nitrogens with zero attached hydrogens (tertiary/aromatic N) is 4. The highest BCUT2D eigenvalue weighted by molar-refractivity contribution is 5.85. The summed E-state index contributed by atoms with van der Waals surface area (Å²) >= 11 is 0. The molecule has 1 aliphatic heterocycles. The molecule has 2 aliphatic rings. The van der Waals surface area contributed by atoms with Gasteiger partial charge in [-0.05, 0) is 31.4 Å². The molecule has 1 saturated carbocycles. The lowest BCUT2D eigenvalue weighted by Gasteiger charge is -2.14. The van der Waals surface area contributed by atoms with Gasteiger partial charge in [-0.25, -0.2) is 0 Å². The topological polar surface area (TPSA) is 87.9 Å². The second kappa shape index (κ2) is 5.54. The van der Waals surface area contributed by atoms with E-state index in [1.807, 2.05) is 35.2 Å². The predicted molar refractivity (Wildman–Crippen MR) is 89.4 cm³/mol. The highest BCUT2D eigenvalue weighted by Gasteiger charge is 2.43. The van der Waals surface area contributed by atoms with Crippen molar-refractivity contribution in [2.75, 3.05) is 6.54 Å². The Balaban J connectivity index is 1.41. The van der Waals surface area contributed by atoms with Gasteiger partial charge in [-0.1, -0.05) is 23.4 Å². The molecule has 0 radical (unpaired) electrons. The van der Waals surface area contributed by atoms with E-state index in [4.69, 9.17) is 4.52 Å². The molecule has 3 heterocycles. The maximum atomic E-state index is 12.5. The summed E-state index contributed by atoms with van der Waals surface area (Å²) in [5.41, 5.74) is 2.78. The second-order valence-corrected chi connectivity index (χ2v) is 6.61. The molecular formula is C18H17N5O2. The molecule has 25 heavy (non-hydrogen) atoms. The van der Waals surface area contributed by atoms with Gasteiger partial charge >= 0.3 is 0 Å². The summed E-state index contributed by atoms with van der Waals surface area (Å²) in [6, 6.07) is 10.2. The van der Waals surface area contributed by atoms with Crippen molar-refractivity contribution in [3.63, 3.8) is 0 Å². The van der Waals surface area contributed by atoms with Crippen LogP contribution in [0.5, 0.6) is 0 Å². The number of carbonyl (C=O) groups excluding carboxylic acids is 1. The third-order valence-electron chi connectivity index (χ3n) is 4.90. The van der Waals surface area contributed by atoms with Gasteiger partial charge in [-0.3, -0.25) is 9.89 Å². The van der Waals surface area contributed by atoms with Crippen molar-refractivity contribution >= 4 is 5.91 Å². The summed E-state index contributed by atoms with van der Waals surface area (Å²) in [6.07, 6.45) is 4.71. The van der Waals surface area contributed by atoms with Gasteiger partial charge in [0.25, 0.3) is 0 Å². The maximum absolute atomic E-state index is 12.5. The molecule has 5 rings (SSSR count). The number of benzene rings is 1.